The van der Waals surface area contributed by atoms with Gasteiger partial charge in [0.15, 0.2) is 0 Å². The summed E-state index contributed by atoms with van der Waals surface area (Å²) in [5.41, 5.74) is 3.94. The van der Waals surface area contributed by atoms with Crippen LogP contribution in [-0.2, 0) is 4.79 Å². The van der Waals surface area contributed by atoms with E-state index in [0.29, 0.717) is 21.4 Å². The Morgan fingerprint density at radius 3 is 2.66 bits per heavy atom. The van der Waals surface area contributed by atoms with Gasteiger partial charge in [-0.1, -0.05) is 36.2 Å². The summed E-state index contributed by atoms with van der Waals surface area (Å²) in [5, 5.41) is 4.93. The van der Waals surface area contributed by atoms with Crippen molar-refractivity contribution in [3.63, 3.8) is 0 Å². The van der Waals surface area contributed by atoms with Gasteiger partial charge in [-0.05, 0) is 44.0 Å². The molecule has 1 amide bonds. The molecular formula is C23H23Cl2NO3. The van der Waals surface area contributed by atoms with Crippen molar-refractivity contribution in [3.05, 3.63) is 58.3 Å². The van der Waals surface area contributed by atoms with Gasteiger partial charge >= 0.3 is 0 Å². The molecule has 152 valence electrons. The highest BCUT2D eigenvalue weighted by molar-refractivity contribution is 6.36. The number of hydrogen-bond acceptors (Lipinski definition) is 3. The summed E-state index contributed by atoms with van der Waals surface area (Å²) >= 11 is 12.4. The number of methoxy groups -OCH3 is 1. The SMILES string of the molecule is CCC(C)NC(=O)/C=C(\C)c1cc2c(-c3ccc(Cl)cc3Cl)coc2cc1OC. The summed E-state index contributed by atoms with van der Waals surface area (Å²) in [6.45, 7) is 5.89. The average Bonchev–Trinajstić information content (AvgIpc) is 3.09. The summed E-state index contributed by atoms with van der Waals surface area (Å²) in [6, 6.07) is 9.25. The predicted octanol–water partition coefficient (Wildman–Crippen LogP) is 6.73. The fraction of sp³-hybridized carbons (Fsp3) is 0.261. The van der Waals surface area contributed by atoms with Gasteiger partial charge in [-0.2, -0.15) is 0 Å². The number of carbonyl (C=O) groups excluding carboxylic acids is 1. The van der Waals surface area contributed by atoms with Crippen molar-refractivity contribution in [2.45, 2.75) is 33.2 Å². The van der Waals surface area contributed by atoms with Gasteiger partial charge in [0.05, 0.1) is 18.4 Å². The van der Waals surface area contributed by atoms with Crippen LogP contribution < -0.4 is 10.1 Å². The highest BCUT2D eigenvalue weighted by Gasteiger charge is 2.16. The van der Waals surface area contributed by atoms with E-state index in [0.717, 1.165) is 34.1 Å². The van der Waals surface area contributed by atoms with Crippen LogP contribution in [0.3, 0.4) is 0 Å². The maximum atomic E-state index is 12.3. The molecule has 4 nitrogen and oxygen atoms in total. The first kappa shape index (κ1) is 21.3. The van der Waals surface area contributed by atoms with Crippen LogP contribution in [0.5, 0.6) is 5.75 Å². The number of allylic oxidation sites excluding steroid dienone is 1. The minimum Gasteiger partial charge on any atom is -0.496 e. The molecule has 1 N–H and O–H groups in total. The molecule has 0 fully saturated rings. The topological polar surface area (TPSA) is 51.5 Å². The summed E-state index contributed by atoms with van der Waals surface area (Å²) in [7, 11) is 1.59. The maximum absolute atomic E-state index is 12.3. The first-order valence-electron chi connectivity index (χ1n) is 9.37. The van der Waals surface area contributed by atoms with Crippen molar-refractivity contribution >= 4 is 45.7 Å². The number of halogens is 2. The Kier molecular flexibility index (Phi) is 6.56. The van der Waals surface area contributed by atoms with E-state index in [1.54, 1.807) is 31.6 Å². The van der Waals surface area contributed by atoms with Gasteiger partial charge in [0.1, 0.15) is 11.3 Å². The highest BCUT2D eigenvalue weighted by atomic mass is 35.5. The molecular weight excluding hydrogens is 409 g/mol. The Hall–Kier alpha value is -2.43. The molecule has 0 aliphatic rings. The molecule has 1 atom stereocenters. The normalized spacial score (nSPS) is 12.8. The third kappa shape index (κ3) is 4.60. The number of carbonyl (C=O) groups is 1. The molecule has 0 aliphatic heterocycles. The molecule has 3 rings (SSSR count). The van der Waals surface area contributed by atoms with Crippen molar-refractivity contribution in [1.29, 1.82) is 0 Å². The molecule has 0 saturated heterocycles. The summed E-state index contributed by atoms with van der Waals surface area (Å²) in [5.74, 6) is 0.498. The van der Waals surface area contributed by atoms with E-state index in [1.807, 2.05) is 39.0 Å². The Bertz CT molecular complexity index is 1090. The fourth-order valence-electron chi connectivity index (χ4n) is 3.11. The lowest BCUT2D eigenvalue weighted by Crippen LogP contribution is -2.30. The molecule has 2 aromatic carbocycles. The van der Waals surface area contributed by atoms with Crippen molar-refractivity contribution in [2.75, 3.05) is 7.11 Å². The van der Waals surface area contributed by atoms with Crippen LogP contribution in [0.2, 0.25) is 10.0 Å². The van der Waals surface area contributed by atoms with E-state index in [1.165, 1.54) is 0 Å². The van der Waals surface area contributed by atoms with E-state index < -0.39 is 0 Å². The summed E-state index contributed by atoms with van der Waals surface area (Å²) < 4.78 is 11.3. The van der Waals surface area contributed by atoms with Gasteiger partial charge in [-0.25, -0.2) is 0 Å². The van der Waals surface area contributed by atoms with E-state index in [9.17, 15) is 4.79 Å². The van der Waals surface area contributed by atoms with Gasteiger partial charge in [0, 0.05) is 45.3 Å². The second-order valence-corrected chi connectivity index (χ2v) is 7.81. The number of furan rings is 1. The van der Waals surface area contributed by atoms with Gasteiger partial charge in [-0.15, -0.1) is 0 Å². The van der Waals surface area contributed by atoms with Crippen LogP contribution in [0.25, 0.3) is 27.7 Å². The Morgan fingerprint density at radius 1 is 1.24 bits per heavy atom. The number of amides is 1. The van der Waals surface area contributed by atoms with Crippen LogP contribution >= 0.6 is 23.2 Å². The van der Waals surface area contributed by atoms with Crippen molar-refractivity contribution in [2.24, 2.45) is 0 Å². The smallest absolute Gasteiger partial charge is 0.244 e. The van der Waals surface area contributed by atoms with Crippen LogP contribution in [-0.4, -0.2) is 19.1 Å². The van der Waals surface area contributed by atoms with E-state index in [2.05, 4.69) is 5.32 Å². The molecule has 29 heavy (non-hydrogen) atoms. The van der Waals surface area contributed by atoms with Gasteiger partial charge in [0.2, 0.25) is 5.91 Å². The second kappa shape index (κ2) is 8.93. The largest absolute Gasteiger partial charge is 0.496 e. The number of benzene rings is 2. The molecule has 3 aromatic rings. The van der Waals surface area contributed by atoms with Crippen molar-refractivity contribution in [3.8, 4) is 16.9 Å². The number of fused-ring (bicyclic) bond motifs is 1. The summed E-state index contributed by atoms with van der Waals surface area (Å²) in [6.07, 6.45) is 4.12. The first-order valence-corrected chi connectivity index (χ1v) is 10.1. The average molecular weight is 432 g/mol. The van der Waals surface area contributed by atoms with Crippen molar-refractivity contribution in [1.82, 2.24) is 5.32 Å². The number of rotatable bonds is 6. The maximum Gasteiger partial charge on any atom is 0.244 e. The first-order chi connectivity index (χ1) is 13.8. The Morgan fingerprint density at radius 2 is 2.00 bits per heavy atom. The molecule has 0 radical (unpaired) electrons. The third-order valence-electron chi connectivity index (χ3n) is 4.89. The van der Waals surface area contributed by atoms with Crippen molar-refractivity contribution < 1.29 is 13.9 Å². The monoisotopic (exact) mass is 431 g/mol. The lowest BCUT2D eigenvalue weighted by molar-refractivity contribution is -0.117. The molecule has 0 spiro atoms. The quantitative estimate of drug-likeness (QED) is 0.439. The minimum absolute atomic E-state index is 0.114. The van der Waals surface area contributed by atoms with Crippen LogP contribution in [0.4, 0.5) is 0 Å². The molecule has 0 aliphatic carbocycles. The molecule has 0 bridgehead atoms. The molecule has 1 unspecified atom stereocenters. The highest BCUT2D eigenvalue weighted by Crippen LogP contribution is 2.40. The molecule has 6 heteroatoms. The number of ether oxygens (including phenoxy) is 1. The predicted molar refractivity (Wildman–Crippen MR) is 120 cm³/mol. The van der Waals surface area contributed by atoms with Gasteiger partial charge in [0.25, 0.3) is 0 Å². The van der Waals surface area contributed by atoms with Crippen LogP contribution in [0, 0.1) is 0 Å². The zero-order chi connectivity index (χ0) is 21.1. The van der Waals surface area contributed by atoms with E-state index >= 15 is 0 Å². The standard InChI is InChI=1S/C23H23Cl2NO3/c1-5-14(3)26-23(27)8-13(2)17-10-18-19(12-29-22(18)11-21(17)28-4)16-7-6-15(24)9-20(16)25/h6-12,14H,5H2,1-4H3,(H,26,27)/b13-8+. The fourth-order valence-corrected chi connectivity index (χ4v) is 3.62. The zero-order valence-corrected chi connectivity index (χ0v) is 18.3. The zero-order valence-electron chi connectivity index (χ0n) is 16.8. The van der Waals surface area contributed by atoms with Gasteiger partial charge < -0.3 is 14.5 Å². The molecule has 1 aromatic heterocycles. The Labute approximate surface area is 180 Å². The van der Waals surface area contributed by atoms with Gasteiger partial charge in [-0.3, -0.25) is 4.79 Å². The number of nitrogens with one attached hydrogen (secondary N) is 1. The number of hydrogen-bond donors (Lipinski definition) is 1. The molecule has 0 saturated carbocycles. The second-order valence-electron chi connectivity index (χ2n) is 6.97. The lowest BCUT2D eigenvalue weighted by Gasteiger charge is -2.12. The summed E-state index contributed by atoms with van der Waals surface area (Å²) in [4.78, 5) is 12.3. The Balaban J connectivity index is 2.09. The molecule has 1 heterocycles. The lowest BCUT2D eigenvalue weighted by atomic mass is 9.99. The van der Waals surface area contributed by atoms with E-state index in [-0.39, 0.29) is 11.9 Å². The van der Waals surface area contributed by atoms with Crippen LogP contribution in [0.1, 0.15) is 32.8 Å². The van der Waals surface area contributed by atoms with Crippen LogP contribution in [0.15, 0.2) is 47.1 Å². The van der Waals surface area contributed by atoms with E-state index in [4.69, 9.17) is 32.4 Å². The minimum atomic E-state index is -0.132. The third-order valence-corrected chi connectivity index (χ3v) is 5.44.